The zero-order valence-electron chi connectivity index (χ0n) is 14.7. The number of pyridine rings is 1. The van der Waals surface area contributed by atoms with Crippen LogP contribution in [0.5, 0.6) is 0 Å². The van der Waals surface area contributed by atoms with Crippen LogP contribution in [-0.4, -0.2) is 49.6 Å². The highest BCUT2D eigenvalue weighted by molar-refractivity contribution is 5.94. The zero-order valence-corrected chi connectivity index (χ0v) is 14.7. The Kier molecular flexibility index (Phi) is 4.99. The van der Waals surface area contributed by atoms with Crippen molar-refractivity contribution in [3.63, 3.8) is 0 Å². The topological polar surface area (TPSA) is 45.7 Å². The maximum absolute atomic E-state index is 13.9. The van der Waals surface area contributed by atoms with E-state index >= 15 is 0 Å². The third-order valence-corrected chi connectivity index (χ3v) is 4.26. The van der Waals surface area contributed by atoms with Crippen LogP contribution >= 0.6 is 0 Å². The first kappa shape index (κ1) is 17.4. The van der Waals surface area contributed by atoms with Gasteiger partial charge in [0.2, 0.25) is 0 Å². The van der Waals surface area contributed by atoms with Crippen LogP contribution in [0.25, 0.3) is 0 Å². The van der Waals surface area contributed by atoms with Crippen LogP contribution in [0.2, 0.25) is 0 Å². The number of anilines is 1. The van der Waals surface area contributed by atoms with Gasteiger partial charge in [0.15, 0.2) is 0 Å². The highest BCUT2D eigenvalue weighted by atomic mass is 19.1. The molecule has 2 aromatic rings. The van der Waals surface area contributed by atoms with Crippen LogP contribution in [-0.2, 0) is 4.74 Å². The second kappa shape index (κ2) is 7.19. The van der Waals surface area contributed by atoms with Gasteiger partial charge in [-0.05, 0) is 31.2 Å². The first-order chi connectivity index (χ1) is 12.0. The van der Waals surface area contributed by atoms with Gasteiger partial charge in [-0.15, -0.1) is 0 Å². The molecule has 1 amide bonds. The quantitative estimate of drug-likeness (QED) is 0.860. The van der Waals surface area contributed by atoms with Crippen molar-refractivity contribution in [3.8, 4) is 0 Å². The van der Waals surface area contributed by atoms with Crippen molar-refractivity contribution in [2.75, 3.05) is 38.7 Å². The SMILES string of the molecule is Cc1cc(N(C)C)cc(C2CN(C(=O)c3ccccc3F)CCO2)n1. The minimum Gasteiger partial charge on any atom is -0.378 e. The normalized spacial score (nSPS) is 17.4. The first-order valence-electron chi connectivity index (χ1n) is 8.27. The molecule has 2 heterocycles. The van der Waals surface area contributed by atoms with Crippen molar-refractivity contribution >= 4 is 11.6 Å². The second-order valence-corrected chi connectivity index (χ2v) is 6.38. The average molecular weight is 343 g/mol. The average Bonchev–Trinajstić information content (AvgIpc) is 2.61. The lowest BCUT2D eigenvalue weighted by atomic mass is 10.1. The maximum atomic E-state index is 13.9. The van der Waals surface area contributed by atoms with E-state index < -0.39 is 5.82 Å². The Balaban J connectivity index is 1.82. The van der Waals surface area contributed by atoms with Crippen molar-refractivity contribution in [2.45, 2.75) is 13.0 Å². The van der Waals surface area contributed by atoms with Crippen LogP contribution in [0.15, 0.2) is 36.4 Å². The molecule has 0 spiro atoms. The Hall–Kier alpha value is -2.47. The number of hydrogen-bond donors (Lipinski definition) is 0. The minimum absolute atomic E-state index is 0.0920. The van der Waals surface area contributed by atoms with Gasteiger partial charge in [0.25, 0.3) is 5.91 Å². The molecule has 5 nitrogen and oxygen atoms in total. The predicted octanol–water partition coefficient (Wildman–Crippen LogP) is 2.81. The number of carbonyl (C=O) groups excluding carboxylic acids is 1. The second-order valence-electron chi connectivity index (χ2n) is 6.38. The van der Waals surface area contributed by atoms with Gasteiger partial charge in [0.05, 0.1) is 24.4 Å². The van der Waals surface area contributed by atoms with Crippen molar-refractivity contribution in [2.24, 2.45) is 0 Å². The highest BCUT2D eigenvalue weighted by Crippen LogP contribution is 2.26. The molecule has 0 saturated carbocycles. The van der Waals surface area contributed by atoms with E-state index in [0.29, 0.717) is 19.7 Å². The summed E-state index contributed by atoms with van der Waals surface area (Å²) in [4.78, 5) is 20.8. The van der Waals surface area contributed by atoms with Crippen LogP contribution in [0.3, 0.4) is 0 Å². The molecule has 1 saturated heterocycles. The number of amides is 1. The van der Waals surface area contributed by atoms with Gasteiger partial charge in [-0.2, -0.15) is 0 Å². The molecule has 0 N–H and O–H groups in total. The smallest absolute Gasteiger partial charge is 0.257 e. The maximum Gasteiger partial charge on any atom is 0.257 e. The summed E-state index contributed by atoms with van der Waals surface area (Å²) < 4.78 is 19.7. The Labute approximate surface area is 147 Å². The molecule has 1 aromatic carbocycles. The van der Waals surface area contributed by atoms with Crippen molar-refractivity contribution < 1.29 is 13.9 Å². The van der Waals surface area contributed by atoms with E-state index in [9.17, 15) is 9.18 Å². The van der Waals surface area contributed by atoms with E-state index in [1.807, 2.05) is 38.1 Å². The lowest BCUT2D eigenvalue weighted by molar-refractivity contribution is -0.0249. The minimum atomic E-state index is -0.501. The summed E-state index contributed by atoms with van der Waals surface area (Å²) in [5, 5.41) is 0. The zero-order chi connectivity index (χ0) is 18.0. The fourth-order valence-corrected chi connectivity index (χ4v) is 2.92. The van der Waals surface area contributed by atoms with Crippen LogP contribution in [0, 0.1) is 12.7 Å². The number of morpholine rings is 1. The summed E-state index contributed by atoms with van der Waals surface area (Å²) in [6, 6.07) is 10.0. The van der Waals surface area contributed by atoms with Crippen LogP contribution in [0.1, 0.15) is 27.8 Å². The molecule has 6 heteroatoms. The molecule has 0 radical (unpaired) electrons. The van der Waals surface area contributed by atoms with E-state index in [1.54, 1.807) is 17.0 Å². The molecular formula is C19H22FN3O2. The molecule has 1 aliphatic heterocycles. The van der Waals surface area contributed by atoms with Gasteiger partial charge in [-0.1, -0.05) is 12.1 Å². The van der Waals surface area contributed by atoms with Crippen molar-refractivity contribution in [3.05, 3.63) is 59.2 Å². The first-order valence-corrected chi connectivity index (χ1v) is 8.27. The molecule has 0 aliphatic carbocycles. The van der Waals surface area contributed by atoms with E-state index in [4.69, 9.17) is 4.74 Å². The number of benzene rings is 1. The summed E-state index contributed by atoms with van der Waals surface area (Å²) in [6.45, 7) is 3.13. The van der Waals surface area contributed by atoms with Gasteiger partial charge >= 0.3 is 0 Å². The fraction of sp³-hybridized carbons (Fsp3) is 0.368. The molecule has 25 heavy (non-hydrogen) atoms. The molecular weight excluding hydrogens is 321 g/mol. The van der Waals surface area contributed by atoms with Gasteiger partial charge < -0.3 is 14.5 Å². The molecule has 1 atom stereocenters. The number of aryl methyl sites for hydroxylation is 1. The number of nitrogens with zero attached hydrogens (tertiary/aromatic N) is 3. The van der Waals surface area contributed by atoms with Gasteiger partial charge in [-0.3, -0.25) is 9.78 Å². The van der Waals surface area contributed by atoms with E-state index in [-0.39, 0.29) is 17.6 Å². The van der Waals surface area contributed by atoms with E-state index in [1.165, 1.54) is 12.1 Å². The van der Waals surface area contributed by atoms with Crippen molar-refractivity contribution in [1.82, 2.24) is 9.88 Å². The summed E-state index contributed by atoms with van der Waals surface area (Å²) >= 11 is 0. The third kappa shape index (κ3) is 3.79. The summed E-state index contributed by atoms with van der Waals surface area (Å²) in [5.74, 6) is -0.814. The Morgan fingerprint density at radius 2 is 2.08 bits per heavy atom. The number of carbonyl (C=O) groups is 1. The number of aromatic nitrogens is 1. The van der Waals surface area contributed by atoms with Crippen molar-refractivity contribution in [1.29, 1.82) is 0 Å². The highest BCUT2D eigenvalue weighted by Gasteiger charge is 2.28. The standard InChI is InChI=1S/C19H22FN3O2/c1-13-10-14(22(2)3)11-17(21-13)18-12-23(8-9-25-18)19(24)15-6-4-5-7-16(15)20/h4-7,10-11,18H,8-9,12H2,1-3H3. The summed E-state index contributed by atoms with van der Waals surface area (Å²) in [6.07, 6.45) is -0.317. The molecule has 132 valence electrons. The molecule has 1 aromatic heterocycles. The summed E-state index contributed by atoms with van der Waals surface area (Å²) in [7, 11) is 3.93. The Morgan fingerprint density at radius 1 is 1.32 bits per heavy atom. The Bertz CT molecular complexity index is 779. The molecule has 1 aliphatic rings. The fourth-order valence-electron chi connectivity index (χ4n) is 2.92. The molecule has 0 bridgehead atoms. The van der Waals surface area contributed by atoms with Crippen LogP contribution < -0.4 is 4.90 Å². The van der Waals surface area contributed by atoms with Crippen LogP contribution in [0.4, 0.5) is 10.1 Å². The van der Waals surface area contributed by atoms with E-state index in [0.717, 1.165) is 17.1 Å². The molecule has 3 rings (SSSR count). The third-order valence-electron chi connectivity index (χ3n) is 4.26. The lowest BCUT2D eigenvalue weighted by Crippen LogP contribution is -2.42. The van der Waals surface area contributed by atoms with E-state index in [2.05, 4.69) is 4.98 Å². The number of rotatable bonds is 3. The number of halogens is 1. The molecule has 1 fully saturated rings. The Morgan fingerprint density at radius 3 is 2.80 bits per heavy atom. The lowest BCUT2D eigenvalue weighted by Gasteiger charge is -2.33. The number of hydrogen-bond acceptors (Lipinski definition) is 4. The molecule has 1 unspecified atom stereocenters. The summed E-state index contributed by atoms with van der Waals surface area (Å²) in [5.41, 5.74) is 2.80. The number of ether oxygens (including phenoxy) is 1. The van der Waals surface area contributed by atoms with Gasteiger partial charge in [0, 0.05) is 32.0 Å². The van der Waals surface area contributed by atoms with Gasteiger partial charge in [0.1, 0.15) is 11.9 Å². The monoisotopic (exact) mass is 343 g/mol. The van der Waals surface area contributed by atoms with Gasteiger partial charge in [-0.25, -0.2) is 4.39 Å². The largest absolute Gasteiger partial charge is 0.378 e. The predicted molar refractivity (Wildman–Crippen MR) is 94.3 cm³/mol.